The Morgan fingerprint density at radius 3 is 2.72 bits per heavy atom. The standard InChI is InChI=1S/C15H21NO2/c1-10-7-8-14(18-3)13(9-10)11(2)16-15(17)12-5-4-6-12/h7-9,11-12H,4-6H2,1-3H3,(H,16,17)/t11-/m1/s1. The van der Waals surface area contributed by atoms with Gasteiger partial charge in [0.05, 0.1) is 13.2 Å². The second kappa shape index (κ2) is 5.42. The van der Waals surface area contributed by atoms with E-state index >= 15 is 0 Å². The van der Waals surface area contributed by atoms with Gasteiger partial charge >= 0.3 is 0 Å². The van der Waals surface area contributed by atoms with E-state index in [4.69, 9.17) is 4.74 Å². The highest BCUT2D eigenvalue weighted by Crippen LogP contribution is 2.29. The first-order chi connectivity index (χ1) is 8.61. The molecule has 1 amide bonds. The van der Waals surface area contributed by atoms with Gasteiger partial charge in [-0.25, -0.2) is 0 Å². The number of hydrogen-bond donors (Lipinski definition) is 1. The van der Waals surface area contributed by atoms with Crippen LogP contribution < -0.4 is 10.1 Å². The number of carbonyl (C=O) groups excluding carboxylic acids is 1. The van der Waals surface area contributed by atoms with Crippen LogP contribution in [0.15, 0.2) is 18.2 Å². The quantitative estimate of drug-likeness (QED) is 0.888. The molecule has 3 heteroatoms. The molecule has 0 spiro atoms. The zero-order chi connectivity index (χ0) is 13.1. The summed E-state index contributed by atoms with van der Waals surface area (Å²) in [6, 6.07) is 6.04. The molecule has 1 aromatic rings. The van der Waals surface area contributed by atoms with E-state index in [0.29, 0.717) is 0 Å². The number of aryl methyl sites for hydroxylation is 1. The molecule has 0 bridgehead atoms. The molecule has 1 atom stereocenters. The third-order valence-electron chi connectivity index (χ3n) is 3.69. The van der Waals surface area contributed by atoms with Crippen molar-refractivity contribution in [3.05, 3.63) is 29.3 Å². The fourth-order valence-electron chi connectivity index (χ4n) is 2.27. The van der Waals surface area contributed by atoms with Gasteiger partial charge in [0.25, 0.3) is 0 Å². The third-order valence-corrected chi connectivity index (χ3v) is 3.69. The van der Waals surface area contributed by atoms with Crippen molar-refractivity contribution < 1.29 is 9.53 Å². The van der Waals surface area contributed by atoms with E-state index in [9.17, 15) is 4.79 Å². The largest absolute Gasteiger partial charge is 0.496 e. The minimum Gasteiger partial charge on any atom is -0.496 e. The van der Waals surface area contributed by atoms with E-state index in [0.717, 1.165) is 24.2 Å². The Morgan fingerprint density at radius 2 is 2.17 bits per heavy atom. The van der Waals surface area contributed by atoms with Gasteiger partial charge in [-0.05, 0) is 32.8 Å². The van der Waals surface area contributed by atoms with Crippen molar-refractivity contribution in [1.29, 1.82) is 0 Å². The number of nitrogens with one attached hydrogen (secondary N) is 1. The summed E-state index contributed by atoms with van der Waals surface area (Å²) in [5.74, 6) is 1.24. The van der Waals surface area contributed by atoms with E-state index in [1.54, 1.807) is 7.11 Å². The molecular formula is C15H21NO2. The number of ether oxygens (including phenoxy) is 1. The summed E-state index contributed by atoms with van der Waals surface area (Å²) in [5, 5.41) is 3.08. The SMILES string of the molecule is COc1ccc(C)cc1[C@@H](C)NC(=O)C1CCC1. The average molecular weight is 247 g/mol. The smallest absolute Gasteiger partial charge is 0.223 e. The van der Waals surface area contributed by atoms with Crippen LogP contribution in [0.3, 0.4) is 0 Å². The normalized spacial score (nSPS) is 16.8. The number of benzene rings is 1. The number of methoxy groups -OCH3 is 1. The van der Waals surface area contributed by atoms with Crippen molar-refractivity contribution >= 4 is 5.91 Å². The highest BCUT2D eigenvalue weighted by atomic mass is 16.5. The van der Waals surface area contributed by atoms with Crippen LogP contribution >= 0.6 is 0 Å². The van der Waals surface area contributed by atoms with Crippen molar-refractivity contribution in [2.75, 3.05) is 7.11 Å². The molecule has 0 radical (unpaired) electrons. The summed E-state index contributed by atoms with van der Waals surface area (Å²) in [7, 11) is 1.66. The lowest BCUT2D eigenvalue weighted by molar-refractivity contribution is -0.128. The maximum atomic E-state index is 11.9. The number of carbonyl (C=O) groups is 1. The molecule has 1 aromatic carbocycles. The van der Waals surface area contributed by atoms with Crippen LogP contribution in [0.5, 0.6) is 5.75 Å². The van der Waals surface area contributed by atoms with Crippen LogP contribution in [0.1, 0.15) is 43.4 Å². The molecule has 98 valence electrons. The van der Waals surface area contributed by atoms with E-state index in [1.807, 2.05) is 26.0 Å². The molecule has 0 heterocycles. The Bertz CT molecular complexity index is 438. The number of amides is 1. The summed E-state index contributed by atoms with van der Waals surface area (Å²) in [4.78, 5) is 11.9. The third kappa shape index (κ3) is 2.66. The average Bonchev–Trinajstić information content (AvgIpc) is 2.26. The topological polar surface area (TPSA) is 38.3 Å². The molecular weight excluding hydrogens is 226 g/mol. The molecule has 1 fully saturated rings. The second-order valence-electron chi connectivity index (χ2n) is 5.10. The predicted octanol–water partition coefficient (Wildman–Crippen LogP) is 2.98. The van der Waals surface area contributed by atoms with Crippen molar-refractivity contribution in [2.45, 2.75) is 39.2 Å². The molecule has 0 saturated heterocycles. The van der Waals surface area contributed by atoms with E-state index in [1.165, 1.54) is 12.0 Å². The van der Waals surface area contributed by atoms with Gasteiger partial charge in [0.1, 0.15) is 5.75 Å². The summed E-state index contributed by atoms with van der Waals surface area (Å²) < 4.78 is 5.35. The van der Waals surface area contributed by atoms with E-state index in [-0.39, 0.29) is 17.9 Å². The molecule has 0 aliphatic heterocycles. The van der Waals surface area contributed by atoms with Gasteiger partial charge in [0.2, 0.25) is 5.91 Å². The van der Waals surface area contributed by atoms with Crippen LogP contribution in [0.2, 0.25) is 0 Å². The van der Waals surface area contributed by atoms with Gasteiger partial charge < -0.3 is 10.1 Å². The molecule has 1 aliphatic rings. The van der Waals surface area contributed by atoms with Gasteiger partial charge in [0, 0.05) is 11.5 Å². The Balaban J connectivity index is 2.09. The predicted molar refractivity (Wildman–Crippen MR) is 71.6 cm³/mol. The molecule has 18 heavy (non-hydrogen) atoms. The molecule has 3 nitrogen and oxygen atoms in total. The van der Waals surface area contributed by atoms with Crippen molar-refractivity contribution in [1.82, 2.24) is 5.32 Å². The monoisotopic (exact) mass is 247 g/mol. The summed E-state index contributed by atoms with van der Waals surface area (Å²) in [5.41, 5.74) is 2.22. The van der Waals surface area contributed by atoms with Crippen LogP contribution in [0.4, 0.5) is 0 Å². The van der Waals surface area contributed by atoms with Crippen molar-refractivity contribution in [3.63, 3.8) is 0 Å². The molecule has 1 aliphatic carbocycles. The van der Waals surface area contributed by atoms with Gasteiger partial charge in [-0.3, -0.25) is 4.79 Å². The highest BCUT2D eigenvalue weighted by Gasteiger charge is 2.26. The van der Waals surface area contributed by atoms with Crippen molar-refractivity contribution in [3.8, 4) is 5.75 Å². The van der Waals surface area contributed by atoms with E-state index < -0.39 is 0 Å². The minimum absolute atomic E-state index is 0.00653. The first-order valence-corrected chi connectivity index (χ1v) is 6.56. The number of hydrogen-bond acceptors (Lipinski definition) is 2. The zero-order valence-electron chi connectivity index (χ0n) is 11.3. The molecule has 1 saturated carbocycles. The van der Waals surface area contributed by atoms with Crippen LogP contribution in [0, 0.1) is 12.8 Å². The minimum atomic E-state index is -0.00653. The highest BCUT2D eigenvalue weighted by molar-refractivity contribution is 5.79. The van der Waals surface area contributed by atoms with Gasteiger partial charge in [-0.1, -0.05) is 24.1 Å². The Kier molecular flexibility index (Phi) is 3.90. The van der Waals surface area contributed by atoms with Crippen LogP contribution in [-0.2, 0) is 4.79 Å². The summed E-state index contributed by atoms with van der Waals surface area (Å²) in [6.45, 7) is 4.05. The Hall–Kier alpha value is -1.51. The van der Waals surface area contributed by atoms with Crippen LogP contribution in [0.25, 0.3) is 0 Å². The van der Waals surface area contributed by atoms with E-state index in [2.05, 4.69) is 11.4 Å². The fourth-order valence-corrected chi connectivity index (χ4v) is 2.27. The Labute approximate surface area is 109 Å². The second-order valence-corrected chi connectivity index (χ2v) is 5.10. The lowest BCUT2D eigenvalue weighted by Gasteiger charge is -2.26. The van der Waals surface area contributed by atoms with Crippen LogP contribution in [-0.4, -0.2) is 13.0 Å². The molecule has 0 unspecified atom stereocenters. The van der Waals surface area contributed by atoms with Gasteiger partial charge in [0.15, 0.2) is 0 Å². The fraction of sp³-hybridized carbons (Fsp3) is 0.533. The Morgan fingerprint density at radius 1 is 1.44 bits per heavy atom. The zero-order valence-corrected chi connectivity index (χ0v) is 11.3. The lowest BCUT2D eigenvalue weighted by atomic mass is 9.84. The van der Waals surface area contributed by atoms with Gasteiger partial charge in [-0.2, -0.15) is 0 Å². The first-order valence-electron chi connectivity index (χ1n) is 6.56. The first kappa shape index (κ1) is 12.9. The molecule has 1 N–H and O–H groups in total. The summed E-state index contributed by atoms with van der Waals surface area (Å²) in [6.07, 6.45) is 3.24. The maximum absolute atomic E-state index is 11.9. The molecule has 2 rings (SSSR count). The van der Waals surface area contributed by atoms with Crippen molar-refractivity contribution in [2.24, 2.45) is 5.92 Å². The lowest BCUT2D eigenvalue weighted by Crippen LogP contribution is -2.36. The maximum Gasteiger partial charge on any atom is 0.223 e. The molecule has 0 aromatic heterocycles. The van der Waals surface area contributed by atoms with Gasteiger partial charge in [-0.15, -0.1) is 0 Å². The number of rotatable bonds is 4. The summed E-state index contributed by atoms with van der Waals surface area (Å²) >= 11 is 0.